The predicted octanol–water partition coefficient (Wildman–Crippen LogP) is 2.06. The van der Waals surface area contributed by atoms with Gasteiger partial charge in [0.2, 0.25) is 5.96 Å². The lowest BCUT2D eigenvalue weighted by Gasteiger charge is -2.60. The predicted molar refractivity (Wildman–Crippen MR) is 105 cm³/mol. The number of hydrogen-bond acceptors (Lipinski definition) is 5. The molecule has 28 heavy (non-hydrogen) atoms. The van der Waals surface area contributed by atoms with Gasteiger partial charge in [-0.05, 0) is 74.1 Å². The van der Waals surface area contributed by atoms with Crippen LogP contribution >= 0.6 is 0 Å². The van der Waals surface area contributed by atoms with E-state index in [1.54, 1.807) is 12.3 Å². The van der Waals surface area contributed by atoms with Crippen molar-refractivity contribution in [3.8, 4) is 0 Å². The molecule has 7 heteroatoms. The number of carbonyl (C=O) groups is 1. The van der Waals surface area contributed by atoms with Gasteiger partial charge in [0.05, 0.1) is 17.3 Å². The summed E-state index contributed by atoms with van der Waals surface area (Å²) in [4.78, 5) is 17.0. The third kappa shape index (κ3) is 2.57. The molecule has 4 aliphatic carbocycles. The smallest absolute Gasteiger partial charge is 0.276 e. The number of aromatic amines is 1. The Morgan fingerprint density at radius 3 is 2.82 bits per heavy atom. The Bertz CT molecular complexity index is 1040. The topological polar surface area (TPSA) is 102 Å². The van der Waals surface area contributed by atoms with Crippen LogP contribution < -0.4 is 10.6 Å². The molecular weight excluding hydrogens is 354 g/mol. The van der Waals surface area contributed by atoms with Gasteiger partial charge in [-0.1, -0.05) is 6.07 Å². The van der Waals surface area contributed by atoms with Crippen molar-refractivity contribution in [3.05, 3.63) is 35.7 Å². The van der Waals surface area contributed by atoms with Crippen LogP contribution in [-0.4, -0.2) is 38.3 Å². The number of guanidine groups is 1. The fourth-order valence-electron chi connectivity index (χ4n) is 6.35. The van der Waals surface area contributed by atoms with E-state index in [-0.39, 0.29) is 11.4 Å². The van der Waals surface area contributed by atoms with Crippen molar-refractivity contribution < 1.29 is 9.90 Å². The number of hydrogen-bond donors (Lipinski definition) is 4. The first kappa shape index (κ1) is 16.3. The maximum atomic E-state index is 12.4. The largest absolute Gasteiger partial charge is 0.390 e. The molecule has 2 aromatic rings. The van der Waals surface area contributed by atoms with Crippen LogP contribution in [0.1, 0.15) is 44.1 Å². The SMILES string of the molecule is O=C1NC(NC23CC4CC(CC(O)(C4)C2)C3)=N/C1=C\c1ccc2[nH]ncc2c1. The summed E-state index contributed by atoms with van der Waals surface area (Å²) >= 11 is 0. The van der Waals surface area contributed by atoms with Gasteiger partial charge in [-0.3, -0.25) is 15.2 Å². The lowest BCUT2D eigenvalue weighted by Crippen LogP contribution is -2.66. The molecule has 2 unspecified atom stereocenters. The zero-order valence-electron chi connectivity index (χ0n) is 15.5. The van der Waals surface area contributed by atoms with Crippen molar-refractivity contribution in [3.63, 3.8) is 0 Å². The Morgan fingerprint density at radius 2 is 2.04 bits per heavy atom. The molecule has 1 aromatic carbocycles. The van der Waals surface area contributed by atoms with Crippen molar-refractivity contribution in [1.29, 1.82) is 0 Å². The Kier molecular flexibility index (Phi) is 3.17. The second-order valence-electron chi connectivity index (χ2n) is 9.25. The normalized spacial score (nSPS) is 37.5. The van der Waals surface area contributed by atoms with Crippen molar-refractivity contribution >= 4 is 28.8 Å². The van der Waals surface area contributed by atoms with Crippen LogP contribution in [0.15, 0.2) is 35.1 Å². The Hall–Kier alpha value is -2.67. The van der Waals surface area contributed by atoms with E-state index < -0.39 is 5.60 Å². The van der Waals surface area contributed by atoms with Crippen LogP contribution in [0.3, 0.4) is 0 Å². The summed E-state index contributed by atoms with van der Waals surface area (Å²) in [5.41, 5.74) is 1.58. The first-order valence-electron chi connectivity index (χ1n) is 10.0. The molecule has 0 saturated heterocycles. The van der Waals surface area contributed by atoms with Gasteiger partial charge >= 0.3 is 0 Å². The molecule has 4 N–H and O–H groups in total. The maximum absolute atomic E-state index is 12.4. The molecule has 0 radical (unpaired) electrons. The monoisotopic (exact) mass is 377 g/mol. The van der Waals surface area contributed by atoms with E-state index in [4.69, 9.17) is 0 Å². The van der Waals surface area contributed by atoms with E-state index >= 15 is 0 Å². The number of aliphatic imine (C=N–C) groups is 1. The standard InChI is InChI=1S/C21H23N5O2/c27-18-17(5-12-1-2-16-15(4-12)10-22-26-16)23-19(24-18)25-20-6-13-3-14(7-20)9-21(28,8-13)11-20/h1-2,4-5,10,13-14,28H,3,6-9,11H2,(H,22,26)(H2,23,24,25,27)/b17-5-. The molecule has 1 aliphatic heterocycles. The van der Waals surface area contributed by atoms with Crippen LogP contribution in [0, 0.1) is 11.8 Å². The molecule has 4 bridgehead atoms. The maximum Gasteiger partial charge on any atom is 0.276 e. The van der Waals surface area contributed by atoms with Crippen LogP contribution in [0.2, 0.25) is 0 Å². The first-order valence-corrected chi connectivity index (χ1v) is 10.0. The number of rotatable bonds is 2. The third-order valence-electron chi connectivity index (χ3n) is 6.88. The molecule has 2 atom stereocenters. The van der Waals surface area contributed by atoms with Crippen molar-refractivity contribution in [2.45, 2.75) is 49.7 Å². The van der Waals surface area contributed by atoms with Gasteiger partial charge < -0.3 is 10.4 Å². The van der Waals surface area contributed by atoms with Gasteiger partial charge in [0.15, 0.2) is 0 Å². The van der Waals surface area contributed by atoms with Crippen LogP contribution in [0.25, 0.3) is 17.0 Å². The van der Waals surface area contributed by atoms with E-state index in [0.717, 1.165) is 48.6 Å². The number of amides is 1. The fourth-order valence-corrected chi connectivity index (χ4v) is 6.35. The van der Waals surface area contributed by atoms with Crippen LogP contribution in [0.5, 0.6) is 0 Å². The molecule has 4 saturated carbocycles. The van der Waals surface area contributed by atoms with E-state index in [2.05, 4.69) is 25.8 Å². The number of fused-ring (bicyclic) bond motifs is 1. The van der Waals surface area contributed by atoms with Gasteiger partial charge in [-0.25, -0.2) is 4.99 Å². The number of nitrogens with one attached hydrogen (secondary N) is 3. The molecule has 7 rings (SSSR count). The average Bonchev–Trinajstić information content (AvgIpc) is 3.18. The van der Waals surface area contributed by atoms with E-state index in [9.17, 15) is 9.90 Å². The van der Waals surface area contributed by atoms with Crippen molar-refractivity contribution in [2.75, 3.05) is 0 Å². The highest BCUT2D eigenvalue weighted by atomic mass is 16.3. The lowest BCUT2D eigenvalue weighted by atomic mass is 9.51. The fraction of sp³-hybridized carbons (Fsp3) is 0.476. The van der Waals surface area contributed by atoms with E-state index in [1.165, 1.54) is 6.42 Å². The minimum absolute atomic E-state index is 0.143. The zero-order chi connectivity index (χ0) is 18.9. The molecule has 4 fully saturated rings. The summed E-state index contributed by atoms with van der Waals surface area (Å²) < 4.78 is 0. The number of aromatic nitrogens is 2. The Morgan fingerprint density at radius 1 is 1.21 bits per heavy atom. The quantitative estimate of drug-likeness (QED) is 0.602. The van der Waals surface area contributed by atoms with Crippen molar-refractivity contribution in [2.24, 2.45) is 16.8 Å². The number of nitrogens with zero attached hydrogens (tertiary/aromatic N) is 2. The number of benzene rings is 1. The van der Waals surface area contributed by atoms with E-state index in [0.29, 0.717) is 23.5 Å². The van der Waals surface area contributed by atoms with E-state index in [1.807, 2.05) is 18.2 Å². The second-order valence-corrected chi connectivity index (χ2v) is 9.25. The minimum Gasteiger partial charge on any atom is -0.390 e. The lowest BCUT2D eigenvalue weighted by molar-refractivity contribution is -0.138. The van der Waals surface area contributed by atoms with Gasteiger partial charge in [0.1, 0.15) is 5.70 Å². The number of carbonyl (C=O) groups excluding carboxylic acids is 1. The second kappa shape index (κ2) is 5.44. The Balaban J connectivity index is 1.27. The summed E-state index contributed by atoms with van der Waals surface area (Å²) in [6.07, 6.45) is 9.49. The first-order chi connectivity index (χ1) is 13.5. The molecule has 1 amide bonds. The molecule has 7 nitrogen and oxygen atoms in total. The summed E-state index contributed by atoms with van der Waals surface area (Å²) in [6.45, 7) is 0. The zero-order valence-corrected chi connectivity index (χ0v) is 15.5. The molecule has 5 aliphatic rings. The summed E-state index contributed by atoms with van der Waals surface area (Å²) in [7, 11) is 0. The van der Waals surface area contributed by atoms with Gasteiger partial charge in [0.25, 0.3) is 5.91 Å². The molecule has 1 aromatic heterocycles. The third-order valence-corrected chi connectivity index (χ3v) is 6.88. The van der Waals surface area contributed by atoms with Crippen molar-refractivity contribution in [1.82, 2.24) is 20.8 Å². The summed E-state index contributed by atoms with van der Waals surface area (Å²) in [5.74, 6) is 1.48. The molecular formula is C21H23N5O2. The van der Waals surface area contributed by atoms with Crippen LogP contribution in [0.4, 0.5) is 0 Å². The molecule has 0 spiro atoms. The van der Waals surface area contributed by atoms with Gasteiger partial charge in [-0.2, -0.15) is 5.10 Å². The summed E-state index contributed by atoms with van der Waals surface area (Å²) in [6, 6.07) is 5.87. The highest BCUT2D eigenvalue weighted by Gasteiger charge is 2.57. The molecule has 2 heterocycles. The number of H-pyrrole nitrogens is 1. The van der Waals surface area contributed by atoms with Gasteiger partial charge in [-0.15, -0.1) is 0 Å². The minimum atomic E-state index is -0.543. The van der Waals surface area contributed by atoms with Gasteiger partial charge in [0, 0.05) is 10.9 Å². The average molecular weight is 377 g/mol. The molecule has 144 valence electrons. The Labute approximate surface area is 162 Å². The number of aliphatic hydroxyl groups is 1. The summed E-state index contributed by atoms with van der Waals surface area (Å²) in [5, 5.41) is 25.3. The highest BCUT2D eigenvalue weighted by Crippen LogP contribution is 2.57. The van der Waals surface area contributed by atoms with Crippen LogP contribution in [-0.2, 0) is 4.79 Å². The highest BCUT2D eigenvalue weighted by molar-refractivity contribution is 6.14.